The minimum absolute atomic E-state index is 0.0830. The summed E-state index contributed by atoms with van der Waals surface area (Å²) >= 11 is 0. The molecule has 0 fully saturated rings. The Morgan fingerprint density at radius 2 is 2.04 bits per heavy atom. The van der Waals surface area contributed by atoms with E-state index in [4.69, 9.17) is 4.74 Å². The zero-order valence-electron chi connectivity index (χ0n) is 16.0. The minimum atomic E-state index is -0.0830. The molecule has 0 saturated carbocycles. The summed E-state index contributed by atoms with van der Waals surface area (Å²) in [6.45, 7) is 3.46. The molecule has 1 aliphatic carbocycles. The van der Waals surface area contributed by atoms with Crippen LogP contribution in [0.25, 0.3) is 10.9 Å². The predicted octanol–water partition coefficient (Wildman–Crippen LogP) is 4.25. The molecule has 1 aromatic heterocycles. The van der Waals surface area contributed by atoms with E-state index < -0.39 is 0 Å². The summed E-state index contributed by atoms with van der Waals surface area (Å²) in [5.74, 6) is 0.891. The van der Waals surface area contributed by atoms with E-state index in [-0.39, 0.29) is 11.8 Å². The number of carbonyl (C=O) groups is 1. The molecule has 140 valence electrons. The third-order valence-electron chi connectivity index (χ3n) is 5.53. The molecule has 0 radical (unpaired) electrons. The van der Waals surface area contributed by atoms with Crippen molar-refractivity contribution in [2.24, 2.45) is 0 Å². The molecule has 1 heterocycles. The molecular weight excluding hydrogens is 336 g/mol. The highest BCUT2D eigenvalue weighted by molar-refractivity contribution is 5.94. The number of nitrogens with one attached hydrogen (secondary N) is 1. The fraction of sp³-hybridized carbons (Fsp3) is 0.348. The topological polar surface area (TPSA) is 43.3 Å². The Morgan fingerprint density at radius 1 is 1.22 bits per heavy atom. The molecule has 27 heavy (non-hydrogen) atoms. The van der Waals surface area contributed by atoms with Gasteiger partial charge in [-0.2, -0.15) is 0 Å². The molecule has 0 aliphatic heterocycles. The lowest BCUT2D eigenvalue weighted by Crippen LogP contribution is -2.31. The molecule has 4 rings (SSSR count). The van der Waals surface area contributed by atoms with Gasteiger partial charge in [-0.1, -0.05) is 30.3 Å². The van der Waals surface area contributed by atoms with Crippen molar-refractivity contribution in [2.45, 2.75) is 38.6 Å². The third kappa shape index (κ3) is 3.20. The van der Waals surface area contributed by atoms with E-state index in [2.05, 4.69) is 46.3 Å². The maximum atomic E-state index is 12.8. The van der Waals surface area contributed by atoms with Crippen molar-refractivity contribution in [3.05, 3.63) is 65.4 Å². The summed E-state index contributed by atoms with van der Waals surface area (Å²) in [6.07, 6.45) is 2.95. The first kappa shape index (κ1) is 17.7. The van der Waals surface area contributed by atoms with Crippen molar-refractivity contribution >= 4 is 16.8 Å². The van der Waals surface area contributed by atoms with Gasteiger partial charge in [0, 0.05) is 29.7 Å². The number of aromatic nitrogens is 1. The highest BCUT2D eigenvalue weighted by atomic mass is 16.5. The zero-order chi connectivity index (χ0) is 18.8. The number of ether oxygens (including phenoxy) is 1. The number of likely N-dealkylation sites (N-methyl/N-ethyl adjacent to an activating group) is 1. The van der Waals surface area contributed by atoms with E-state index in [9.17, 15) is 4.79 Å². The zero-order valence-corrected chi connectivity index (χ0v) is 16.0. The van der Waals surface area contributed by atoms with Crippen LogP contribution in [0.3, 0.4) is 0 Å². The van der Waals surface area contributed by atoms with Gasteiger partial charge in [-0.3, -0.25) is 4.79 Å². The molecule has 1 atom stereocenters. The van der Waals surface area contributed by atoms with E-state index in [0.717, 1.165) is 36.9 Å². The number of fused-ring (bicyclic) bond motifs is 3. The van der Waals surface area contributed by atoms with Crippen LogP contribution in [0.5, 0.6) is 5.75 Å². The van der Waals surface area contributed by atoms with E-state index in [0.29, 0.717) is 6.54 Å². The standard InChI is InChI=1S/C23H26N2O2/c1-3-24-23(26)18-10-7-11-21-22(18)19-14-17(27-2)12-13-20(19)25(21)15-16-8-5-4-6-9-16/h4-6,8-9,12-14,18H,3,7,10-11,15H2,1-2H3,(H,24,26). The lowest BCUT2D eigenvalue weighted by atomic mass is 9.84. The van der Waals surface area contributed by atoms with Gasteiger partial charge in [-0.05, 0) is 55.5 Å². The van der Waals surface area contributed by atoms with Gasteiger partial charge in [0.25, 0.3) is 0 Å². The fourth-order valence-corrected chi connectivity index (χ4v) is 4.32. The molecule has 2 aromatic carbocycles. The molecule has 0 spiro atoms. The summed E-state index contributed by atoms with van der Waals surface area (Å²) < 4.78 is 7.87. The van der Waals surface area contributed by atoms with Gasteiger partial charge in [-0.15, -0.1) is 0 Å². The second-order valence-corrected chi connectivity index (χ2v) is 7.15. The quantitative estimate of drug-likeness (QED) is 0.737. The molecule has 1 amide bonds. The minimum Gasteiger partial charge on any atom is -0.497 e. The van der Waals surface area contributed by atoms with Gasteiger partial charge in [-0.25, -0.2) is 0 Å². The van der Waals surface area contributed by atoms with Crippen molar-refractivity contribution in [1.29, 1.82) is 0 Å². The summed E-state index contributed by atoms with van der Waals surface area (Å²) in [5, 5.41) is 4.18. The van der Waals surface area contributed by atoms with Gasteiger partial charge >= 0.3 is 0 Å². The Hall–Kier alpha value is -2.75. The first-order valence-corrected chi connectivity index (χ1v) is 9.73. The number of amides is 1. The number of nitrogens with zero attached hydrogens (tertiary/aromatic N) is 1. The fourth-order valence-electron chi connectivity index (χ4n) is 4.32. The number of carbonyl (C=O) groups excluding carboxylic acids is 1. The van der Waals surface area contributed by atoms with E-state index in [1.165, 1.54) is 22.3 Å². The van der Waals surface area contributed by atoms with Crippen LogP contribution in [0.4, 0.5) is 0 Å². The van der Waals surface area contributed by atoms with Crippen LogP contribution < -0.4 is 10.1 Å². The number of rotatable bonds is 5. The number of methoxy groups -OCH3 is 1. The highest BCUT2D eigenvalue weighted by Gasteiger charge is 2.31. The summed E-state index contributed by atoms with van der Waals surface area (Å²) in [7, 11) is 1.69. The highest BCUT2D eigenvalue weighted by Crippen LogP contribution is 2.41. The van der Waals surface area contributed by atoms with Crippen molar-refractivity contribution in [3.63, 3.8) is 0 Å². The first-order valence-electron chi connectivity index (χ1n) is 9.73. The van der Waals surface area contributed by atoms with Crippen LogP contribution in [0.15, 0.2) is 48.5 Å². The Morgan fingerprint density at radius 3 is 2.78 bits per heavy atom. The Bertz CT molecular complexity index is 959. The van der Waals surface area contributed by atoms with Crippen LogP contribution in [0.1, 0.15) is 42.5 Å². The Balaban J connectivity index is 1.90. The average Bonchev–Trinajstić information content (AvgIpc) is 3.02. The molecule has 4 nitrogen and oxygen atoms in total. The molecule has 3 aromatic rings. The number of benzene rings is 2. The van der Waals surface area contributed by atoms with Crippen molar-refractivity contribution < 1.29 is 9.53 Å². The Labute approximate surface area is 160 Å². The molecular formula is C23H26N2O2. The normalized spacial score (nSPS) is 16.1. The maximum Gasteiger partial charge on any atom is 0.227 e. The second kappa shape index (κ2) is 7.47. The second-order valence-electron chi connectivity index (χ2n) is 7.15. The van der Waals surface area contributed by atoms with Crippen molar-refractivity contribution in [3.8, 4) is 5.75 Å². The van der Waals surface area contributed by atoms with Crippen molar-refractivity contribution in [2.75, 3.05) is 13.7 Å². The van der Waals surface area contributed by atoms with Gasteiger partial charge in [0.15, 0.2) is 0 Å². The molecule has 1 unspecified atom stereocenters. The van der Waals surface area contributed by atoms with Gasteiger partial charge in [0.05, 0.1) is 13.0 Å². The summed E-state index contributed by atoms with van der Waals surface area (Å²) in [4.78, 5) is 12.8. The predicted molar refractivity (Wildman–Crippen MR) is 108 cm³/mol. The van der Waals surface area contributed by atoms with E-state index in [1.807, 2.05) is 19.1 Å². The van der Waals surface area contributed by atoms with Crippen molar-refractivity contribution in [1.82, 2.24) is 9.88 Å². The number of hydrogen-bond donors (Lipinski definition) is 1. The maximum absolute atomic E-state index is 12.8. The molecule has 0 saturated heterocycles. The molecule has 0 bridgehead atoms. The van der Waals surface area contributed by atoms with Gasteiger partial charge in [0.2, 0.25) is 5.91 Å². The van der Waals surface area contributed by atoms with E-state index >= 15 is 0 Å². The molecule has 4 heteroatoms. The third-order valence-corrected chi connectivity index (χ3v) is 5.53. The largest absolute Gasteiger partial charge is 0.497 e. The average molecular weight is 362 g/mol. The van der Waals surface area contributed by atoms with Crippen LogP contribution in [0.2, 0.25) is 0 Å². The lowest BCUT2D eigenvalue weighted by molar-refractivity contribution is -0.122. The first-order chi connectivity index (χ1) is 13.2. The Kier molecular flexibility index (Phi) is 4.88. The summed E-state index contributed by atoms with van der Waals surface area (Å²) in [6, 6.07) is 16.7. The lowest BCUT2D eigenvalue weighted by Gasteiger charge is -2.24. The summed E-state index contributed by atoms with van der Waals surface area (Å²) in [5.41, 5.74) is 4.94. The van der Waals surface area contributed by atoms with E-state index in [1.54, 1.807) is 7.11 Å². The van der Waals surface area contributed by atoms with Crippen LogP contribution >= 0.6 is 0 Å². The van der Waals surface area contributed by atoms with Crippen LogP contribution in [0, 0.1) is 0 Å². The monoisotopic (exact) mass is 362 g/mol. The smallest absolute Gasteiger partial charge is 0.227 e. The van der Waals surface area contributed by atoms with Gasteiger partial charge < -0.3 is 14.6 Å². The molecule has 1 aliphatic rings. The van der Waals surface area contributed by atoms with Crippen LogP contribution in [-0.4, -0.2) is 24.1 Å². The van der Waals surface area contributed by atoms with Gasteiger partial charge in [0.1, 0.15) is 5.75 Å². The SMILES string of the molecule is CCNC(=O)C1CCCc2c1c1cc(OC)ccc1n2Cc1ccccc1. The molecule has 1 N–H and O–H groups in total. The number of hydrogen-bond acceptors (Lipinski definition) is 2. The van der Waals surface area contributed by atoms with Crippen LogP contribution in [-0.2, 0) is 17.8 Å².